The summed E-state index contributed by atoms with van der Waals surface area (Å²) in [7, 11) is 0. The molecule has 0 aromatic heterocycles. The van der Waals surface area contributed by atoms with Gasteiger partial charge in [-0.1, -0.05) is 24.3 Å². The summed E-state index contributed by atoms with van der Waals surface area (Å²) < 4.78 is 5.88. The fourth-order valence-corrected chi connectivity index (χ4v) is 2.51. The largest absolute Gasteiger partial charge is 0.489 e. The van der Waals surface area contributed by atoms with E-state index in [-0.39, 0.29) is 5.66 Å². The highest BCUT2D eigenvalue weighted by Crippen LogP contribution is 2.33. The van der Waals surface area contributed by atoms with Crippen LogP contribution in [-0.4, -0.2) is 12.3 Å². The standard InChI is InChI=1S/C16H17ClN2O/c1-16(18-14-7-2-3-8-15(14)19-16)11-20-13-6-4-5-12(9-13)10-17/h2-9,18-19H,10-11H2,1H3. The van der Waals surface area contributed by atoms with Crippen molar-refractivity contribution in [1.29, 1.82) is 0 Å². The minimum Gasteiger partial charge on any atom is -0.489 e. The Morgan fingerprint density at radius 2 is 1.75 bits per heavy atom. The normalized spacial score (nSPS) is 15.1. The van der Waals surface area contributed by atoms with Crippen molar-refractivity contribution in [3.63, 3.8) is 0 Å². The molecule has 2 aromatic rings. The maximum Gasteiger partial charge on any atom is 0.140 e. The van der Waals surface area contributed by atoms with Gasteiger partial charge in [-0.25, -0.2) is 0 Å². The molecular weight excluding hydrogens is 272 g/mol. The number of anilines is 2. The van der Waals surface area contributed by atoms with E-state index in [9.17, 15) is 0 Å². The van der Waals surface area contributed by atoms with Crippen molar-refractivity contribution in [1.82, 2.24) is 0 Å². The molecule has 0 atom stereocenters. The molecule has 1 aliphatic heterocycles. The lowest BCUT2D eigenvalue weighted by Crippen LogP contribution is -2.44. The monoisotopic (exact) mass is 288 g/mol. The van der Waals surface area contributed by atoms with Crippen molar-refractivity contribution in [2.75, 3.05) is 17.2 Å². The molecule has 0 saturated carbocycles. The Hall–Kier alpha value is -1.87. The summed E-state index contributed by atoms with van der Waals surface area (Å²) in [5.74, 6) is 1.33. The van der Waals surface area contributed by atoms with Crippen LogP contribution in [0.4, 0.5) is 11.4 Å². The molecule has 2 N–H and O–H groups in total. The number of ether oxygens (including phenoxy) is 1. The molecule has 0 amide bonds. The van der Waals surface area contributed by atoms with Crippen LogP contribution in [0.15, 0.2) is 48.5 Å². The maximum absolute atomic E-state index is 5.88. The van der Waals surface area contributed by atoms with Gasteiger partial charge in [0.25, 0.3) is 0 Å². The number of nitrogens with one attached hydrogen (secondary N) is 2. The van der Waals surface area contributed by atoms with Crippen molar-refractivity contribution in [3.8, 4) is 5.75 Å². The number of benzene rings is 2. The van der Waals surface area contributed by atoms with Crippen molar-refractivity contribution >= 4 is 23.0 Å². The molecule has 0 saturated heterocycles. The van der Waals surface area contributed by atoms with Crippen molar-refractivity contribution in [2.24, 2.45) is 0 Å². The number of hydrogen-bond acceptors (Lipinski definition) is 3. The van der Waals surface area contributed by atoms with E-state index in [1.165, 1.54) is 0 Å². The van der Waals surface area contributed by atoms with E-state index >= 15 is 0 Å². The SMILES string of the molecule is CC1(COc2cccc(CCl)c2)Nc2ccccc2N1. The molecule has 0 bridgehead atoms. The van der Waals surface area contributed by atoms with Gasteiger partial charge in [0.15, 0.2) is 0 Å². The predicted molar refractivity (Wildman–Crippen MR) is 83.6 cm³/mol. The van der Waals surface area contributed by atoms with E-state index in [2.05, 4.69) is 29.7 Å². The third kappa shape index (κ3) is 2.68. The van der Waals surface area contributed by atoms with E-state index in [4.69, 9.17) is 16.3 Å². The molecule has 3 nitrogen and oxygen atoms in total. The fourth-order valence-electron chi connectivity index (χ4n) is 2.35. The second-order valence-electron chi connectivity index (χ2n) is 5.20. The van der Waals surface area contributed by atoms with E-state index in [1.807, 2.05) is 36.4 Å². The van der Waals surface area contributed by atoms with Gasteiger partial charge in [-0.2, -0.15) is 0 Å². The van der Waals surface area contributed by atoms with Crippen molar-refractivity contribution in [3.05, 3.63) is 54.1 Å². The fraction of sp³-hybridized carbons (Fsp3) is 0.250. The molecule has 0 radical (unpaired) electrons. The van der Waals surface area contributed by atoms with Crippen LogP contribution in [0, 0.1) is 0 Å². The summed E-state index contributed by atoms with van der Waals surface area (Å²) in [4.78, 5) is 0. The van der Waals surface area contributed by atoms with Crippen LogP contribution in [0.2, 0.25) is 0 Å². The van der Waals surface area contributed by atoms with Gasteiger partial charge in [0, 0.05) is 5.88 Å². The summed E-state index contributed by atoms with van der Waals surface area (Å²) >= 11 is 5.83. The minimum atomic E-state index is -0.305. The van der Waals surface area contributed by atoms with E-state index < -0.39 is 0 Å². The minimum absolute atomic E-state index is 0.305. The second kappa shape index (κ2) is 5.25. The average molecular weight is 289 g/mol. The van der Waals surface area contributed by atoms with E-state index in [0.717, 1.165) is 22.7 Å². The van der Waals surface area contributed by atoms with Crippen LogP contribution < -0.4 is 15.4 Å². The van der Waals surface area contributed by atoms with Crippen LogP contribution in [0.1, 0.15) is 12.5 Å². The molecule has 20 heavy (non-hydrogen) atoms. The van der Waals surface area contributed by atoms with Gasteiger partial charge in [-0.3, -0.25) is 0 Å². The molecule has 0 spiro atoms. The van der Waals surface area contributed by atoms with Gasteiger partial charge in [0.1, 0.15) is 18.0 Å². The van der Waals surface area contributed by atoms with Crippen molar-refractivity contribution in [2.45, 2.75) is 18.5 Å². The summed E-state index contributed by atoms with van der Waals surface area (Å²) in [6.07, 6.45) is 0. The van der Waals surface area contributed by atoms with Gasteiger partial charge in [0.2, 0.25) is 0 Å². The Kier molecular flexibility index (Phi) is 3.45. The lowest BCUT2D eigenvalue weighted by atomic mass is 10.2. The number of hydrogen-bond donors (Lipinski definition) is 2. The predicted octanol–water partition coefficient (Wildman–Crippen LogP) is 4.06. The Labute approximate surface area is 123 Å². The Bertz CT molecular complexity index is 590. The average Bonchev–Trinajstić information content (AvgIpc) is 2.82. The Morgan fingerprint density at radius 3 is 2.40 bits per heavy atom. The first-order valence-corrected chi connectivity index (χ1v) is 7.15. The third-order valence-corrected chi connectivity index (χ3v) is 3.64. The first kappa shape index (κ1) is 13.1. The van der Waals surface area contributed by atoms with Crippen LogP contribution in [0.5, 0.6) is 5.75 Å². The quantitative estimate of drug-likeness (QED) is 0.833. The highest BCUT2D eigenvalue weighted by atomic mass is 35.5. The molecule has 0 aliphatic carbocycles. The van der Waals surface area contributed by atoms with Crippen molar-refractivity contribution < 1.29 is 4.74 Å². The van der Waals surface area contributed by atoms with Gasteiger partial charge >= 0.3 is 0 Å². The molecule has 2 aromatic carbocycles. The second-order valence-corrected chi connectivity index (χ2v) is 5.46. The van der Waals surface area contributed by atoms with E-state index in [0.29, 0.717) is 12.5 Å². The molecule has 104 valence electrons. The number of para-hydroxylation sites is 2. The summed E-state index contributed by atoms with van der Waals surface area (Å²) in [6.45, 7) is 2.60. The molecule has 1 heterocycles. The van der Waals surface area contributed by atoms with Crippen LogP contribution in [0.25, 0.3) is 0 Å². The molecule has 3 rings (SSSR count). The first-order valence-electron chi connectivity index (χ1n) is 6.62. The lowest BCUT2D eigenvalue weighted by Gasteiger charge is -2.26. The topological polar surface area (TPSA) is 33.3 Å². The number of alkyl halides is 1. The third-order valence-electron chi connectivity index (χ3n) is 3.33. The van der Waals surface area contributed by atoms with Gasteiger partial charge < -0.3 is 15.4 Å². The van der Waals surface area contributed by atoms with Crippen LogP contribution in [0.3, 0.4) is 0 Å². The Morgan fingerprint density at radius 1 is 1.05 bits per heavy atom. The number of fused-ring (bicyclic) bond motifs is 1. The Balaban J connectivity index is 1.67. The lowest BCUT2D eigenvalue weighted by molar-refractivity contribution is 0.264. The number of rotatable bonds is 4. The van der Waals surface area contributed by atoms with E-state index in [1.54, 1.807) is 0 Å². The van der Waals surface area contributed by atoms with Gasteiger partial charge in [-0.15, -0.1) is 11.6 Å². The van der Waals surface area contributed by atoms with Crippen LogP contribution in [-0.2, 0) is 5.88 Å². The summed E-state index contributed by atoms with van der Waals surface area (Å²) in [5.41, 5.74) is 2.96. The zero-order valence-electron chi connectivity index (χ0n) is 11.3. The maximum atomic E-state index is 5.88. The zero-order chi connectivity index (χ0) is 14.0. The molecule has 1 aliphatic rings. The zero-order valence-corrected chi connectivity index (χ0v) is 12.1. The highest BCUT2D eigenvalue weighted by molar-refractivity contribution is 6.17. The molecule has 4 heteroatoms. The van der Waals surface area contributed by atoms with Crippen LogP contribution >= 0.6 is 11.6 Å². The molecule has 0 fully saturated rings. The smallest absolute Gasteiger partial charge is 0.140 e. The molecular formula is C16H17ClN2O. The van der Waals surface area contributed by atoms with Gasteiger partial charge in [0.05, 0.1) is 11.4 Å². The summed E-state index contributed by atoms with van der Waals surface area (Å²) in [6, 6.07) is 16.0. The first-order chi connectivity index (χ1) is 9.68. The van der Waals surface area contributed by atoms with Gasteiger partial charge in [-0.05, 0) is 36.8 Å². The number of halogens is 1. The summed E-state index contributed by atoms with van der Waals surface area (Å²) in [5, 5.41) is 6.90. The highest BCUT2D eigenvalue weighted by Gasteiger charge is 2.31. The molecule has 0 unspecified atom stereocenters.